The second-order valence-corrected chi connectivity index (χ2v) is 3.11. The van der Waals surface area contributed by atoms with Gasteiger partial charge in [-0.1, -0.05) is 35.4 Å². The van der Waals surface area contributed by atoms with E-state index in [-0.39, 0.29) is 5.75 Å². The first-order chi connectivity index (χ1) is 5.66. The maximum Gasteiger partial charge on any atom is 0.142 e. The van der Waals surface area contributed by atoms with Gasteiger partial charge in [0.05, 0.1) is 10.0 Å². The molecule has 0 unspecified atom stereocenters. The van der Waals surface area contributed by atoms with Crippen molar-refractivity contribution < 1.29 is 5.11 Å². The van der Waals surface area contributed by atoms with Gasteiger partial charge in [-0.25, -0.2) is 0 Å². The molecular formula is C9H8Cl2O. The molecular weight excluding hydrogens is 195 g/mol. The standard InChI is InChI=1S/C9H8Cl2O/c1-2-3-6-7(10)4-5-8(11)9(6)12/h2-5,12H,1H3. The Morgan fingerprint density at radius 2 is 1.83 bits per heavy atom. The number of phenols is 1. The highest BCUT2D eigenvalue weighted by Crippen LogP contribution is 2.33. The van der Waals surface area contributed by atoms with Gasteiger partial charge < -0.3 is 5.11 Å². The first-order valence-electron chi connectivity index (χ1n) is 3.46. The van der Waals surface area contributed by atoms with Crippen molar-refractivity contribution in [3.05, 3.63) is 33.8 Å². The minimum absolute atomic E-state index is 0.0299. The highest BCUT2D eigenvalue weighted by Gasteiger charge is 2.06. The van der Waals surface area contributed by atoms with Crippen molar-refractivity contribution in [2.75, 3.05) is 0 Å². The zero-order chi connectivity index (χ0) is 9.14. The van der Waals surface area contributed by atoms with Gasteiger partial charge in [-0.15, -0.1) is 0 Å². The van der Waals surface area contributed by atoms with Gasteiger partial charge >= 0.3 is 0 Å². The Morgan fingerprint density at radius 3 is 2.42 bits per heavy atom. The van der Waals surface area contributed by atoms with E-state index in [1.54, 1.807) is 24.3 Å². The zero-order valence-electron chi connectivity index (χ0n) is 6.51. The van der Waals surface area contributed by atoms with Gasteiger partial charge in [0.25, 0.3) is 0 Å². The molecule has 0 amide bonds. The molecule has 3 heteroatoms. The Bertz CT molecular complexity index is 319. The molecule has 1 aromatic carbocycles. The van der Waals surface area contributed by atoms with Gasteiger partial charge in [0, 0.05) is 5.56 Å². The van der Waals surface area contributed by atoms with Crippen LogP contribution in [0.4, 0.5) is 0 Å². The van der Waals surface area contributed by atoms with Crippen LogP contribution in [-0.4, -0.2) is 5.11 Å². The van der Waals surface area contributed by atoms with E-state index in [1.165, 1.54) is 0 Å². The number of halogens is 2. The van der Waals surface area contributed by atoms with Crippen molar-refractivity contribution in [1.82, 2.24) is 0 Å². The van der Waals surface area contributed by atoms with Crippen LogP contribution in [-0.2, 0) is 0 Å². The Kier molecular flexibility index (Phi) is 3.01. The molecule has 0 bridgehead atoms. The zero-order valence-corrected chi connectivity index (χ0v) is 8.02. The Hall–Kier alpha value is -0.660. The van der Waals surface area contributed by atoms with E-state index in [9.17, 15) is 5.11 Å². The van der Waals surface area contributed by atoms with Crippen LogP contribution in [0.2, 0.25) is 10.0 Å². The van der Waals surface area contributed by atoms with Crippen LogP contribution in [0, 0.1) is 0 Å². The normalized spacial score (nSPS) is 10.9. The minimum atomic E-state index is 0.0299. The molecule has 0 saturated heterocycles. The average molecular weight is 203 g/mol. The molecule has 0 aliphatic rings. The first-order valence-corrected chi connectivity index (χ1v) is 4.22. The van der Waals surface area contributed by atoms with Gasteiger partial charge in [-0.05, 0) is 19.1 Å². The van der Waals surface area contributed by atoms with E-state index in [1.807, 2.05) is 6.92 Å². The number of aromatic hydroxyl groups is 1. The van der Waals surface area contributed by atoms with Crippen LogP contribution in [0.15, 0.2) is 18.2 Å². The summed E-state index contributed by atoms with van der Waals surface area (Å²) in [5.74, 6) is 0.0299. The molecule has 0 atom stereocenters. The van der Waals surface area contributed by atoms with Gasteiger partial charge in [-0.2, -0.15) is 0 Å². The summed E-state index contributed by atoms with van der Waals surface area (Å²) in [5, 5.41) is 10.2. The molecule has 0 aliphatic carbocycles. The summed E-state index contributed by atoms with van der Waals surface area (Å²) in [5.41, 5.74) is 0.562. The second kappa shape index (κ2) is 3.83. The van der Waals surface area contributed by atoms with Crippen LogP contribution in [0.1, 0.15) is 12.5 Å². The SMILES string of the molecule is CC=Cc1c(Cl)ccc(Cl)c1O. The molecule has 1 aromatic rings. The number of allylic oxidation sites excluding steroid dienone is 1. The summed E-state index contributed by atoms with van der Waals surface area (Å²) in [6.07, 6.45) is 3.50. The fourth-order valence-electron chi connectivity index (χ4n) is 0.882. The number of rotatable bonds is 1. The Morgan fingerprint density at radius 1 is 1.25 bits per heavy atom. The average Bonchev–Trinajstić information content (AvgIpc) is 2.06. The third-order valence-corrected chi connectivity index (χ3v) is 2.08. The molecule has 0 heterocycles. The molecule has 0 aromatic heterocycles. The Balaban J connectivity index is 3.32. The van der Waals surface area contributed by atoms with Crippen molar-refractivity contribution in [2.24, 2.45) is 0 Å². The van der Waals surface area contributed by atoms with Gasteiger partial charge in [0.1, 0.15) is 5.75 Å². The maximum absolute atomic E-state index is 9.44. The highest BCUT2D eigenvalue weighted by molar-refractivity contribution is 6.35. The number of hydrogen-bond acceptors (Lipinski definition) is 1. The first kappa shape index (κ1) is 9.43. The largest absolute Gasteiger partial charge is 0.506 e. The molecule has 1 rings (SSSR count). The third-order valence-electron chi connectivity index (χ3n) is 1.45. The third kappa shape index (κ3) is 1.74. The molecule has 0 aliphatic heterocycles. The number of phenolic OH excluding ortho intramolecular Hbond substituents is 1. The van der Waals surface area contributed by atoms with Crippen molar-refractivity contribution in [1.29, 1.82) is 0 Å². The maximum atomic E-state index is 9.44. The summed E-state index contributed by atoms with van der Waals surface area (Å²) in [4.78, 5) is 0. The Labute approximate surface area is 81.2 Å². The van der Waals surface area contributed by atoms with E-state index >= 15 is 0 Å². The van der Waals surface area contributed by atoms with E-state index < -0.39 is 0 Å². The van der Waals surface area contributed by atoms with Crippen LogP contribution in [0.3, 0.4) is 0 Å². The van der Waals surface area contributed by atoms with Crippen LogP contribution in [0.25, 0.3) is 6.08 Å². The van der Waals surface area contributed by atoms with Crippen molar-refractivity contribution in [2.45, 2.75) is 6.92 Å². The van der Waals surface area contributed by atoms with E-state index in [0.717, 1.165) is 0 Å². The minimum Gasteiger partial charge on any atom is -0.506 e. The van der Waals surface area contributed by atoms with Crippen LogP contribution >= 0.6 is 23.2 Å². The highest BCUT2D eigenvalue weighted by atomic mass is 35.5. The summed E-state index contributed by atoms with van der Waals surface area (Å²) < 4.78 is 0. The van der Waals surface area contributed by atoms with E-state index in [2.05, 4.69) is 0 Å². The molecule has 0 saturated carbocycles. The van der Waals surface area contributed by atoms with Crippen LogP contribution < -0.4 is 0 Å². The smallest absolute Gasteiger partial charge is 0.142 e. The lowest BCUT2D eigenvalue weighted by molar-refractivity contribution is 0.474. The predicted octanol–water partition coefficient (Wildman–Crippen LogP) is 3.73. The van der Waals surface area contributed by atoms with Crippen LogP contribution in [0.5, 0.6) is 5.75 Å². The van der Waals surface area contributed by atoms with E-state index in [4.69, 9.17) is 23.2 Å². The topological polar surface area (TPSA) is 20.2 Å². The van der Waals surface area contributed by atoms with Crippen molar-refractivity contribution in [3.8, 4) is 5.75 Å². The summed E-state index contributed by atoms with van der Waals surface area (Å²) in [6.45, 7) is 1.84. The second-order valence-electron chi connectivity index (χ2n) is 2.29. The molecule has 1 N–H and O–H groups in total. The number of hydrogen-bond donors (Lipinski definition) is 1. The molecule has 0 fully saturated rings. The summed E-state index contributed by atoms with van der Waals surface area (Å²) in [7, 11) is 0. The lowest BCUT2D eigenvalue weighted by Crippen LogP contribution is -1.78. The lowest BCUT2D eigenvalue weighted by atomic mass is 10.2. The molecule has 1 nitrogen and oxygen atoms in total. The molecule has 12 heavy (non-hydrogen) atoms. The lowest BCUT2D eigenvalue weighted by Gasteiger charge is -2.02. The quantitative estimate of drug-likeness (QED) is 0.737. The van der Waals surface area contributed by atoms with Gasteiger partial charge in [-0.3, -0.25) is 0 Å². The summed E-state index contributed by atoms with van der Waals surface area (Å²) >= 11 is 11.5. The monoisotopic (exact) mass is 202 g/mol. The predicted molar refractivity (Wildman–Crippen MR) is 52.8 cm³/mol. The van der Waals surface area contributed by atoms with Crippen molar-refractivity contribution in [3.63, 3.8) is 0 Å². The van der Waals surface area contributed by atoms with Crippen molar-refractivity contribution >= 4 is 29.3 Å². The fourth-order valence-corrected chi connectivity index (χ4v) is 1.26. The molecule has 0 radical (unpaired) electrons. The number of benzene rings is 1. The summed E-state index contributed by atoms with van der Waals surface area (Å²) in [6, 6.07) is 3.21. The fraction of sp³-hybridized carbons (Fsp3) is 0.111. The van der Waals surface area contributed by atoms with Gasteiger partial charge in [0.2, 0.25) is 0 Å². The molecule has 64 valence electrons. The molecule has 0 spiro atoms. The van der Waals surface area contributed by atoms with E-state index in [0.29, 0.717) is 15.6 Å². The van der Waals surface area contributed by atoms with Gasteiger partial charge in [0.15, 0.2) is 0 Å².